The molecule has 248 valence electrons. The van der Waals surface area contributed by atoms with Crippen molar-refractivity contribution < 1.29 is 22.7 Å². The molecule has 0 radical (unpaired) electrons. The number of nitrogens with one attached hydrogen (secondary N) is 1. The van der Waals surface area contributed by atoms with Crippen LogP contribution in [0.5, 0.6) is 5.75 Å². The topological polar surface area (TPSA) is 96.0 Å². The molecule has 0 bridgehead atoms. The smallest absolute Gasteiger partial charge is 0.264 e. The largest absolute Gasteiger partial charge is 0.495 e. The summed E-state index contributed by atoms with van der Waals surface area (Å²) in [4.78, 5) is 30.2. The lowest BCUT2D eigenvalue weighted by Crippen LogP contribution is -2.54. The summed E-state index contributed by atoms with van der Waals surface area (Å²) in [6, 6.07) is 27.6. The van der Waals surface area contributed by atoms with Gasteiger partial charge in [-0.1, -0.05) is 89.1 Å². The summed E-state index contributed by atoms with van der Waals surface area (Å²) < 4.78 is 36.3. The first kappa shape index (κ1) is 35.7. The van der Waals surface area contributed by atoms with Crippen molar-refractivity contribution in [1.29, 1.82) is 0 Å². The van der Waals surface area contributed by atoms with Crippen LogP contribution in [-0.4, -0.2) is 50.9 Å². The van der Waals surface area contributed by atoms with Gasteiger partial charge in [-0.3, -0.25) is 13.9 Å². The normalized spacial score (nSPS) is 12.6. The van der Waals surface area contributed by atoms with Crippen molar-refractivity contribution in [3.8, 4) is 5.75 Å². The SMILES string of the molecule is CC[C@@H](C)NC(=O)[C@H](Cc1ccccc1)N(Cc1ccc(Br)cc1)C(=O)CN(c1cc(C)ccc1OC)S(=O)(=O)c1ccc(C)cc1. The minimum atomic E-state index is -4.26. The highest BCUT2D eigenvalue weighted by Gasteiger charge is 2.36. The molecule has 4 aromatic rings. The Morgan fingerprint density at radius 3 is 2.13 bits per heavy atom. The highest BCUT2D eigenvalue weighted by atomic mass is 79.9. The third kappa shape index (κ3) is 9.23. The Labute approximate surface area is 286 Å². The van der Waals surface area contributed by atoms with Crippen LogP contribution in [0.3, 0.4) is 0 Å². The Morgan fingerprint density at radius 2 is 1.51 bits per heavy atom. The third-order valence-corrected chi connectivity index (χ3v) is 10.3. The minimum absolute atomic E-state index is 0.0364. The quantitative estimate of drug-likeness (QED) is 0.154. The average molecular weight is 721 g/mol. The van der Waals surface area contributed by atoms with Gasteiger partial charge in [-0.2, -0.15) is 0 Å². The number of methoxy groups -OCH3 is 1. The molecule has 2 amide bonds. The van der Waals surface area contributed by atoms with E-state index in [-0.39, 0.29) is 35.5 Å². The summed E-state index contributed by atoms with van der Waals surface area (Å²) in [7, 11) is -2.80. The first-order valence-electron chi connectivity index (χ1n) is 15.5. The van der Waals surface area contributed by atoms with Gasteiger partial charge in [-0.15, -0.1) is 0 Å². The van der Waals surface area contributed by atoms with Gasteiger partial charge in [0.2, 0.25) is 11.8 Å². The van der Waals surface area contributed by atoms with Crippen LogP contribution in [0.15, 0.2) is 106 Å². The number of rotatable bonds is 14. The van der Waals surface area contributed by atoms with E-state index in [1.807, 2.05) is 88.4 Å². The van der Waals surface area contributed by atoms with Crippen LogP contribution in [0, 0.1) is 13.8 Å². The maximum atomic E-state index is 14.7. The number of carbonyl (C=O) groups excluding carboxylic acids is 2. The standard InChI is InChI=1S/C37H42BrN3O5S/c1-6-28(4)39-37(43)34(23-29-10-8-7-9-11-29)40(24-30-15-17-31(38)18-16-30)36(42)25-41(33-22-27(3)14-21-35(33)46-5)47(44,45)32-19-12-26(2)13-20-32/h7-22,28,34H,6,23-25H2,1-5H3,(H,39,43)/t28-,34+/m1/s1. The monoisotopic (exact) mass is 719 g/mol. The molecule has 0 unspecified atom stereocenters. The highest BCUT2D eigenvalue weighted by molar-refractivity contribution is 9.10. The lowest BCUT2D eigenvalue weighted by molar-refractivity contribution is -0.140. The van der Waals surface area contributed by atoms with E-state index < -0.39 is 28.5 Å². The van der Waals surface area contributed by atoms with Crippen molar-refractivity contribution in [2.45, 2.75) is 64.1 Å². The second-order valence-corrected chi connectivity index (χ2v) is 14.4. The van der Waals surface area contributed by atoms with Gasteiger partial charge in [0.05, 0.1) is 17.7 Å². The predicted octanol–water partition coefficient (Wildman–Crippen LogP) is 6.82. The molecule has 2 atom stereocenters. The van der Waals surface area contributed by atoms with Gasteiger partial charge in [0, 0.05) is 23.5 Å². The van der Waals surface area contributed by atoms with E-state index in [1.54, 1.807) is 24.3 Å². The summed E-state index contributed by atoms with van der Waals surface area (Å²) in [6.07, 6.45) is 0.948. The number of sulfonamides is 1. The number of carbonyl (C=O) groups is 2. The molecule has 0 heterocycles. The molecule has 4 rings (SSSR count). The zero-order valence-electron chi connectivity index (χ0n) is 27.4. The Hall–Kier alpha value is -4.15. The molecule has 0 saturated heterocycles. The van der Waals surface area contributed by atoms with Crippen LogP contribution in [0.2, 0.25) is 0 Å². The van der Waals surface area contributed by atoms with Crippen LogP contribution in [0.25, 0.3) is 0 Å². The van der Waals surface area contributed by atoms with E-state index in [1.165, 1.54) is 24.1 Å². The van der Waals surface area contributed by atoms with Crippen molar-refractivity contribution in [2.24, 2.45) is 0 Å². The fourth-order valence-corrected chi connectivity index (χ4v) is 6.81. The highest BCUT2D eigenvalue weighted by Crippen LogP contribution is 2.34. The summed E-state index contributed by atoms with van der Waals surface area (Å²) >= 11 is 3.47. The van der Waals surface area contributed by atoms with E-state index in [4.69, 9.17) is 4.74 Å². The lowest BCUT2D eigenvalue weighted by atomic mass is 10.0. The number of amides is 2. The second kappa shape index (κ2) is 16.1. The molecule has 4 aromatic carbocycles. The Kier molecular flexibility index (Phi) is 12.2. The fraction of sp³-hybridized carbons (Fsp3) is 0.297. The molecular formula is C37H42BrN3O5S. The average Bonchev–Trinajstić information content (AvgIpc) is 3.06. The number of benzene rings is 4. The number of ether oxygens (including phenoxy) is 1. The zero-order chi connectivity index (χ0) is 34.1. The second-order valence-electron chi connectivity index (χ2n) is 11.7. The number of hydrogen-bond acceptors (Lipinski definition) is 5. The molecule has 0 aliphatic carbocycles. The summed E-state index contributed by atoms with van der Waals surface area (Å²) in [5.41, 5.74) is 3.58. The van der Waals surface area contributed by atoms with Crippen molar-refractivity contribution in [3.63, 3.8) is 0 Å². The number of halogens is 1. The first-order valence-corrected chi connectivity index (χ1v) is 17.8. The maximum Gasteiger partial charge on any atom is 0.264 e. The van der Waals surface area contributed by atoms with Gasteiger partial charge in [-0.05, 0) is 80.3 Å². The molecule has 0 spiro atoms. The van der Waals surface area contributed by atoms with E-state index in [0.29, 0.717) is 12.2 Å². The Bertz CT molecular complexity index is 1760. The van der Waals surface area contributed by atoms with E-state index in [2.05, 4.69) is 21.2 Å². The third-order valence-electron chi connectivity index (χ3n) is 8.03. The van der Waals surface area contributed by atoms with Gasteiger partial charge < -0.3 is 15.0 Å². The van der Waals surface area contributed by atoms with Crippen molar-refractivity contribution >= 4 is 43.5 Å². The number of nitrogens with zero attached hydrogens (tertiary/aromatic N) is 2. The minimum Gasteiger partial charge on any atom is -0.495 e. The van der Waals surface area contributed by atoms with Gasteiger partial charge in [-0.25, -0.2) is 8.42 Å². The van der Waals surface area contributed by atoms with E-state index in [9.17, 15) is 18.0 Å². The molecule has 0 aliphatic rings. The van der Waals surface area contributed by atoms with Crippen LogP contribution < -0.4 is 14.4 Å². The molecule has 0 fully saturated rings. The number of hydrogen-bond donors (Lipinski definition) is 1. The molecular weight excluding hydrogens is 678 g/mol. The van der Waals surface area contributed by atoms with Crippen LogP contribution >= 0.6 is 15.9 Å². The maximum absolute atomic E-state index is 14.7. The molecule has 1 N–H and O–H groups in total. The summed E-state index contributed by atoms with van der Waals surface area (Å²) in [5, 5.41) is 3.06. The van der Waals surface area contributed by atoms with Crippen molar-refractivity contribution in [2.75, 3.05) is 18.0 Å². The molecule has 0 saturated carbocycles. The summed E-state index contributed by atoms with van der Waals surface area (Å²) in [5.74, 6) is -0.545. The van der Waals surface area contributed by atoms with Crippen molar-refractivity contribution in [3.05, 3.63) is 124 Å². The predicted molar refractivity (Wildman–Crippen MR) is 190 cm³/mol. The molecule has 0 aromatic heterocycles. The van der Waals surface area contributed by atoms with Gasteiger partial charge in [0.15, 0.2) is 0 Å². The van der Waals surface area contributed by atoms with E-state index in [0.717, 1.165) is 31.0 Å². The Balaban J connectivity index is 1.85. The zero-order valence-corrected chi connectivity index (χ0v) is 29.8. The first-order chi connectivity index (χ1) is 22.4. The number of anilines is 1. The van der Waals surface area contributed by atoms with Gasteiger partial charge >= 0.3 is 0 Å². The molecule has 10 heteroatoms. The van der Waals surface area contributed by atoms with Gasteiger partial charge in [0.25, 0.3) is 10.0 Å². The van der Waals surface area contributed by atoms with Crippen LogP contribution in [0.1, 0.15) is 42.5 Å². The Morgan fingerprint density at radius 1 is 0.872 bits per heavy atom. The number of aryl methyl sites for hydroxylation is 2. The van der Waals surface area contributed by atoms with Crippen LogP contribution in [-0.2, 0) is 32.6 Å². The summed E-state index contributed by atoms with van der Waals surface area (Å²) in [6.45, 7) is 7.13. The van der Waals surface area contributed by atoms with Gasteiger partial charge in [0.1, 0.15) is 18.3 Å². The molecule has 47 heavy (non-hydrogen) atoms. The lowest BCUT2D eigenvalue weighted by Gasteiger charge is -2.34. The van der Waals surface area contributed by atoms with Crippen molar-refractivity contribution in [1.82, 2.24) is 10.2 Å². The van der Waals surface area contributed by atoms with E-state index >= 15 is 0 Å². The fourth-order valence-electron chi connectivity index (χ4n) is 5.13. The van der Waals surface area contributed by atoms with Crippen LogP contribution in [0.4, 0.5) is 5.69 Å². The molecule has 0 aliphatic heterocycles. The molecule has 8 nitrogen and oxygen atoms in total.